The van der Waals surface area contributed by atoms with Crippen LogP contribution in [0.2, 0.25) is 10.2 Å². The van der Waals surface area contributed by atoms with E-state index in [-0.39, 0.29) is 0 Å². The zero-order valence-corrected chi connectivity index (χ0v) is 9.45. The summed E-state index contributed by atoms with van der Waals surface area (Å²) in [6.45, 7) is 4.17. The maximum absolute atomic E-state index is 6.13. The van der Waals surface area contributed by atoms with Crippen molar-refractivity contribution in [1.82, 2.24) is 10.2 Å². The van der Waals surface area contributed by atoms with Crippen LogP contribution in [-0.2, 0) is 0 Å². The lowest BCUT2D eigenvalue weighted by molar-refractivity contribution is 0.877. The minimum absolute atomic E-state index is 0.335. The summed E-state index contributed by atoms with van der Waals surface area (Å²) in [7, 11) is 0. The summed E-state index contributed by atoms with van der Waals surface area (Å²) in [6.07, 6.45) is 0. The number of aromatic amines is 1. The second-order valence-corrected chi connectivity index (χ2v) is 4.33. The Morgan fingerprint density at radius 2 is 2.00 bits per heavy atom. The second-order valence-electron chi connectivity index (χ2n) is 3.55. The van der Waals surface area contributed by atoms with Crippen LogP contribution in [-0.4, -0.2) is 10.2 Å². The molecule has 0 aliphatic heterocycles. The molecule has 0 amide bonds. The summed E-state index contributed by atoms with van der Waals surface area (Å²) >= 11 is 12.1. The van der Waals surface area contributed by atoms with Crippen molar-refractivity contribution in [1.29, 1.82) is 0 Å². The second kappa shape index (κ2) is 3.44. The highest BCUT2D eigenvalue weighted by molar-refractivity contribution is 6.36. The Morgan fingerprint density at radius 1 is 1.29 bits per heavy atom. The zero-order valence-electron chi connectivity index (χ0n) is 7.94. The molecule has 2 aromatic rings. The molecule has 4 heteroatoms. The molecule has 0 spiro atoms. The number of H-pyrrole nitrogens is 1. The van der Waals surface area contributed by atoms with Gasteiger partial charge in [0.2, 0.25) is 0 Å². The molecule has 2 rings (SSSR count). The number of aromatic nitrogens is 2. The van der Waals surface area contributed by atoms with E-state index in [1.54, 1.807) is 0 Å². The number of hydrogen-bond donors (Lipinski definition) is 1. The standard InChI is InChI=1S/C10H10Cl2N2/c1-5(2)8-6(11)3-4-7-9(8)10(12)14-13-7/h3-5H,1-2H3,(H,13,14). The van der Waals surface area contributed by atoms with Crippen LogP contribution in [0.5, 0.6) is 0 Å². The fourth-order valence-electron chi connectivity index (χ4n) is 1.64. The van der Waals surface area contributed by atoms with Crippen molar-refractivity contribution in [2.24, 2.45) is 0 Å². The van der Waals surface area contributed by atoms with Gasteiger partial charge in [0.05, 0.1) is 5.52 Å². The largest absolute Gasteiger partial charge is 0.266 e. The molecule has 0 radical (unpaired) electrons. The van der Waals surface area contributed by atoms with E-state index >= 15 is 0 Å². The molecule has 0 saturated heterocycles. The van der Waals surface area contributed by atoms with Crippen LogP contribution in [0.15, 0.2) is 12.1 Å². The van der Waals surface area contributed by atoms with Gasteiger partial charge in [-0.15, -0.1) is 0 Å². The molecule has 1 aromatic heterocycles. The first kappa shape index (κ1) is 9.81. The van der Waals surface area contributed by atoms with Crippen molar-refractivity contribution >= 4 is 34.1 Å². The SMILES string of the molecule is CC(C)c1c(Cl)ccc2n[nH]c(Cl)c12. The average molecular weight is 229 g/mol. The average Bonchev–Trinajstić information content (AvgIpc) is 2.47. The highest BCUT2D eigenvalue weighted by Gasteiger charge is 2.14. The highest BCUT2D eigenvalue weighted by atomic mass is 35.5. The molecule has 2 nitrogen and oxygen atoms in total. The van der Waals surface area contributed by atoms with Crippen molar-refractivity contribution in [3.63, 3.8) is 0 Å². The first-order chi connectivity index (χ1) is 6.61. The Balaban J connectivity index is 2.87. The van der Waals surface area contributed by atoms with E-state index in [1.807, 2.05) is 12.1 Å². The summed E-state index contributed by atoms with van der Waals surface area (Å²) in [4.78, 5) is 0. The first-order valence-electron chi connectivity index (χ1n) is 4.43. The van der Waals surface area contributed by atoms with Crippen molar-refractivity contribution in [3.8, 4) is 0 Å². The van der Waals surface area contributed by atoms with E-state index in [0.717, 1.165) is 21.5 Å². The van der Waals surface area contributed by atoms with Gasteiger partial charge in [0.25, 0.3) is 0 Å². The Bertz CT molecular complexity index is 474. The summed E-state index contributed by atoms with van der Waals surface area (Å²) < 4.78 is 0. The zero-order chi connectivity index (χ0) is 10.3. The molecule has 0 saturated carbocycles. The third-order valence-corrected chi connectivity index (χ3v) is 2.84. The van der Waals surface area contributed by atoms with Gasteiger partial charge < -0.3 is 0 Å². The number of nitrogens with one attached hydrogen (secondary N) is 1. The monoisotopic (exact) mass is 228 g/mol. The molecule has 0 aliphatic carbocycles. The smallest absolute Gasteiger partial charge is 0.132 e. The van der Waals surface area contributed by atoms with Crippen LogP contribution in [0.4, 0.5) is 0 Å². The van der Waals surface area contributed by atoms with Gasteiger partial charge in [-0.1, -0.05) is 37.0 Å². The Hall–Kier alpha value is -0.730. The van der Waals surface area contributed by atoms with Crippen molar-refractivity contribution in [3.05, 3.63) is 27.9 Å². The predicted octanol–water partition coefficient (Wildman–Crippen LogP) is 3.99. The third kappa shape index (κ3) is 1.39. The van der Waals surface area contributed by atoms with Gasteiger partial charge in [0.15, 0.2) is 0 Å². The van der Waals surface area contributed by atoms with Crippen molar-refractivity contribution in [2.75, 3.05) is 0 Å². The van der Waals surface area contributed by atoms with E-state index < -0.39 is 0 Å². The molecule has 74 valence electrons. The molecule has 1 heterocycles. The number of hydrogen-bond acceptors (Lipinski definition) is 1. The Labute approximate surface area is 92.2 Å². The van der Waals surface area contributed by atoms with Crippen molar-refractivity contribution < 1.29 is 0 Å². The Morgan fingerprint density at radius 3 is 2.64 bits per heavy atom. The minimum Gasteiger partial charge on any atom is -0.266 e. The van der Waals surface area contributed by atoms with Gasteiger partial charge in [-0.2, -0.15) is 5.10 Å². The lowest BCUT2D eigenvalue weighted by Gasteiger charge is -2.09. The molecule has 14 heavy (non-hydrogen) atoms. The topological polar surface area (TPSA) is 28.7 Å². The number of nitrogens with zero attached hydrogens (tertiary/aromatic N) is 1. The molecule has 0 fully saturated rings. The van der Waals surface area contributed by atoms with Gasteiger partial charge in [0.1, 0.15) is 5.15 Å². The lowest BCUT2D eigenvalue weighted by atomic mass is 9.99. The van der Waals surface area contributed by atoms with E-state index in [4.69, 9.17) is 23.2 Å². The summed E-state index contributed by atoms with van der Waals surface area (Å²) in [5, 5.41) is 9.09. The predicted molar refractivity (Wildman–Crippen MR) is 60.2 cm³/mol. The fraction of sp³-hybridized carbons (Fsp3) is 0.300. The van der Waals surface area contributed by atoms with E-state index in [0.29, 0.717) is 11.1 Å². The van der Waals surface area contributed by atoms with Gasteiger partial charge >= 0.3 is 0 Å². The Kier molecular flexibility index (Phi) is 2.41. The molecular formula is C10H10Cl2N2. The van der Waals surface area contributed by atoms with Crippen LogP contribution in [0, 0.1) is 0 Å². The van der Waals surface area contributed by atoms with Crippen LogP contribution in [0.3, 0.4) is 0 Å². The van der Waals surface area contributed by atoms with Gasteiger partial charge in [-0.05, 0) is 23.6 Å². The van der Waals surface area contributed by atoms with Crippen LogP contribution in [0.25, 0.3) is 10.9 Å². The summed E-state index contributed by atoms with van der Waals surface area (Å²) in [5.74, 6) is 0.335. The van der Waals surface area contributed by atoms with Gasteiger partial charge in [-0.3, -0.25) is 5.10 Å². The summed E-state index contributed by atoms with van der Waals surface area (Å²) in [5.41, 5.74) is 1.92. The molecule has 1 aromatic carbocycles. The van der Waals surface area contributed by atoms with E-state index in [1.165, 1.54) is 0 Å². The number of halogens is 2. The van der Waals surface area contributed by atoms with Crippen molar-refractivity contribution in [2.45, 2.75) is 19.8 Å². The highest BCUT2D eigenvalue weighted by Crippen LogP contribution is 2.34. The van der Waals surface area contributed by atoms with Gasteiger partial charge in [-0.25, -0.2) is 0 Å². The molecule has 0 unspecified atom stereocenters. The van der Waals surface area contributed by atoms with Crippen LogP contribution < -0.4 is 0 Å². The van der Waals surface area contributed by atoms with Crippen LogP contribution >= 0.6 is 23.2 Å². The maximum Gasteiger partial charge on any atom is 0.132 e. The maximum atomic E-state index is 6.13. The number of rotatable bonds is 1. The van der Waals surface area contributed by atoms with Crippen LogP contribution in [0.1, 0.15) is 25.3 Å². The molecule has 0 aliphatic rings. The third-order valence-electron chi connectivity index (χ3n) is 2.24. The molecule has 1 N–H and O–H groups in total. The van der Waals surface area contributed by atoms with Gasteiger partial charge in [0, 0.05) is 10.4 Å². The molecule has 0 atom stereocenters. The fourth-order valence-corrected chi connectivity index (χ4v) is 2.25. The van der Waals surface area contributed by atoms with E-state index in [2.05, 4.69) is 24.0 Å². The normalized spacial score (nSPS) is 11.5. The first-order valence-corrected chi connectivity index (χ1v) is 5.19. The minimum atomic E-state index is 0.335. The molecular weight excluding hydrogens is 219 g/mol. The van der Waals surface area contributed by atoms with E-state index in [9.17, 15) is 0 Å². The molecule has 0 bridgehead atoms. The summed E-state index contributed by atoms with van der Waals surface area (Å²) in [6, 6.07) is 3.72. The number of fused-ring (bicyclic) bond motifs is 1. The quantitative estimate of drug-likeness (QED) is 0.786. The number of benzene rings is 1. The lowest BCUT2D eigenvalue weighted by Crippen LogP contribution is -1.90.